The van der Waals surface area contributed by atoms with Gasteiger partial charge in [0.2, 0.25) is 0 Å². The lowest BCUT2D eigenvalue weighted by molar-refractivity contribution is -0.429. The third-order valence-corrected chi connectivity index (χ3v) is 3.01. The van der Waals surface area contributed by atoms with Crippen LogP contribution in [0.3, 0.4) is 0 Å². The van der Waals surface area contributed by atoms with Crippen LogP contribution in [0.4, 0.5) is 0 Å². The third kappa shape index (κ3) is 2.24. The van der Waals surface area contributed by atoms with Crippen LogP contribution in [-0.4, -0.2) is 10.7 Å². The molecule has 0 heterocycles. The number of hydrogen-bond acceptors (Lipinski definition) is 3. The zero-order valence-electron chi connectivity index (χ0n) is 7.21. The summed E-state index contributed by atoms with van der Waals surface area (Å²) in [6.45, 7) is 2.03. The van der Waals surface area contributed by atoms with Crippen molar-refractivity contribution >= 4 is 11.8 Å². The maximum Gasteiger partial charge on any atom is 0.255 e. The molecule has 0 aliphatic heterocycles. The maximum atomic E-state index is 10.6. The fourth-order valence-corrected chi connectivity index (χ4v) is 2.36. The highest BCUT2D eigenvalue weighted by molar-refractivity contribution is 8.03. The fourth-order valence-electron chi connectivity index (χ4n) is 1.38. The molecule has 0 unspecified atom stereocenters. The molecule has 0 aromatic rings. The molecule has 0 aromatic heterocycles. The van der Waals surface area contributed by atoms with Crippen LogP contribution in [0.15, 0.2) is 10.6 Å². The summed E-state index contributed by atoms with van der Waals surface area (Å²) >= 11 is 1.63. The van der Waals surface area contributed by atoms with Crippen LogP contribution in [-0.2, 0) is 0 Å². The molecule has 1 aliphatic carbocycles. The lowest BCUT2D eigenvalue weighted by Gasteiger charge is -2.12. The van der Waals surface area contributed by atoms with Gasteiger partial charge < -0.3 is 0 Å². The second-order valence-corrected chi connectivity index (χ2v) is 4.13. The van der Waals surface area contributed by atoms with E-state index in [1.165, 1.54) is 0 Å². The number of nitrogens with zero attached hydrogens (tertiary/aromatic N) is 1. The zero-order valence-corrected chi connectivity index (χ0v) is 8.02. The van der Waals surface area contributed by atoms with Crippen LogP contribution in [0.2, 0.25) is 0 Å². The van der Waals surface area contributed by atoms with E-state index in [0.717, 1.165) is 29.9 Å². The lowest BCUT2D eigenvalue weighted by atomic mass is 10.1. The molecule has 68 valence electrons. The van der Waals surface area contributed by atoms with Gasteiger partial charge in [-0.2, -0.15) is 0 Å². The minimum atomic E-state index is -0.211. The summed E-state index contributed by atoms with van der Waals surface area (Å²) in [6, 6.07) is 0. The standard InChI is InChI=1S/C8H13NO2S/c1-2-12-8-6-4-3-5-7(8)9(10)11/h2-6H2,1H3. The minimum Gasteiger partial charge on any atom is -0.259 e. The van der Waals surface area contributed by atoms with Crippen molar-refractivity contribution in [1.82, 2.24) is 0 Å². The van der Waals surface area contributed by atoms with Gasteiger partial charge in [0, 0.05) is 6.42 Å². The van der Waals surface area contributed by atoms with Crippen molar-refractivity contribution in [2.45, 2.75) is 32.6 Å². The summed E-state index contributed by atoms with van der Waals surface area (Å²) in [5.41, 5.74) is 0.466. The third-order valence-electron chi connectivity index (χ3n) is 1.93. The molecule has 0 saturated heterocycles. The second-order valence-electron chi connectivity index (χ2n) is 2.77. The number of nitro groups is 1. The van der Waals surface area contributed by atoms with Crippen LogP contribution in [0.5, 0.6) is 0 Å². The van der Waals surface area contributed by atoms with E-state index in [-0.39, 0.29) is 4.92 Å². The molecule has 1 aliphatic rings. The van der Waals surface area contributed by atoms with E-state index in [1.807, 2.05) is 6.92 Å². The number of rotatable bonds is 3. The highest BCUT2D eigenvalue weighted by Gasteiger charge is 2.21. The van der Waals surface area contributed by atoms with Crippen LogP contribution >= 0.6 is 11.8 Å². The maximum absolute atomic E-state index is 10.6. The Morgan fingerprint density at radius 1 is 1.50 bits per heavy atom. The summed E-state index contributed by atoms with van der Waals surface area (Å²) in [4.78, 5) is 11.4. The van der Waals surface area contributed by atoms with Crippen molar-refractivity contribution in [3.05, 3.63) is 20.7 Å². The van der Waals surface area contributed by atoms with E-state index in [1.54, 1.807) is 11.8 Å². The van der Waals surface area contributed by atoms with Crippen molar-refractivity contribution in [3.63, 3.8) is 0 Å². The van der Waals surface area contributed by atoms with Crippen LogP contribution in [0, 0.1) is 10.1 Å². The van der Waals surface area contributed by atoms with Crippen LogP contribution < -0.4 is 0 Å². The van der Waals surface area contributed by atoms with Crippen molar-refractivity contribution in [3.8, 4) is 0 Å². The molecule has 0 saturated carbocycles. The monoisotopic (exact) mass is 187 g/mol. The van der Waals surface area contributed by atoms with Crippen LogP contribution in [0.1, 0.15) is 32.6 Å². The van der Waals surface area contributed by atoms with Crippen molar-refractivity contribution < 1.29 is 4.92 Å². The van der Waals surface area contributed by atoms with Gasteiger partial charge in [0.25, 0.3) is 5.70 Å². The summed E-state index contributed by atoms with van der Waals surface area (Å²) in [5.74, 6) is 0.937. The molecule has 0 N–H and O–H groups in total. The zero-order chi connectivity index (χ0) is 8.97. The molecule has 1 rings (SSSR count). The Morgan fingerprint density at radius 3 is 2.75 bits per heavy atom. The quantitative estimate of drug-likeness (QED) is 0.504. The Balaban J connectivity index is 2.75. The summed E-state index contributed by atoms with van der Waals surface area (Å²) in [5, 5.41) is 10.6. The molecule has 0 bridgehead atoms. The van der Waals surface area contributed by atoms with Gasteiger partial charge in [-0.25, -0.2) is 0 Å². The molecular weight excluding hydrogens is 174 g/mol. The van der Waals surface area contributed by atoms with Crippen LogP contribution in [0.25, 0.3) is 0 Å². The Hall–Kier alpha value is -0.510. The summed E-state index contributed by atoms with van der Waals surface area (Å²) < 4.78 is 0. The van der Waals surface area contributed by atoms with Gasteiger partial charge in [-0.3, -0.25) is 10.1 Å². The van der Waals surface area contributed by atoms with E-state index < -0.39 is 0 Å². The Bertz CT molecular complexity index is 213. The molecule has 0 atom stereocenters. The molecule has 0 spiro atoms. The SMILES string of the molecule is CCSC1=C([N+](=O)[O-])CCCC1. The Labute approximate surface area is 76.4 Å². The molecule has 0 amide bonds. The first kappa shape index (κ1) is 9.58. The van der Waals surface area contributed by atoms with E-state index in [9.17, 15) is 10.1 Å². The van der Waals surface area contributed by atoms with Gasteiger partial charge in [0.1, 0.15) is 0 Å². The first-order chi connectivity index (χ1) is 5.75. The Morgan fingerprint density at radius 2 is 2.17 bits per heavy atom. The first-order valence-corrected chi connectivity index (χ1v) is 5.23. The average Bonchev–Trinajstić information content (AvgIpc) is 2.05. The molecule has 3 nitrogen and oxygen atoms in total. The highest BCUT2D eigenvalue weighted by Crippen LogP contribution is 2.32. The normalized spacial score (nSPS) is 18.1. The van der Waals surface area contributed by atoms with E-state index in [2.05, 4.69) is 0 Å². The lowest BCUT2D eigenvalue weighted by Crippen LogP contribution is -2.06. The van der Waals surface area contributed by atoms with Gasteiger partial charge in [-0.05, 0) is 25.0 Å². The molecule has 0 aromatic carbocycles. The number of hydrogen-bond donors (Lipinski definition) is 0. The number of thioether (sulfide) groups is 1. The topological polar surface area (TPSA) is 43.1 Å². The van der Waals surface area contributed by atoms with Gasteiger partial charge in [-0.15, -0.1) is 11.8 Å². The summed E-state index contributed by atoms with van der Waals surface area (Å²) in [7, 11) is 0. The molecular formula is C8H13NO2S. The Kier molecular flexibility index (Phi) is 3.59. The number of allylic oxidation sites excluding steroid dienone is 2. The minimum absolute atomic E-state index is 0.211. The van der Waals surface area contributed by atoms with Gasteiger partial charge >= 0.3 is 0 Å². The van der Waals surface area contributed by atoms with E-state index in [4.69, 9.17) is 0 Å². The molecule has 0 radical (unpaired) electrons. The fraction of sp³-hybridized carbons (Fsp3) is 0.750. The molecule has 12 heavy (non-hydrogen) atoms. The van der Waals surface area contributed by atoms with E-state index in [0.29, 0.717) is 12.1 Å². The van der Waals surface area contributed by atoms with Gasteiger partial charge in [0.15, 0.2) is 0 Å². The second kappa shape index (κ2) is 4.50. The highest BCUT2D eigenvalue weighted by atomic mass is 32.2. The largest absolute Gasteiger partial charge is 0.259 e. The predicted molar refractivity (Wildman–Crippen MR) is 50.6 cm³/mol. The van der Waals surface area contributed by atoms with Gasteiger partial charge in [-0.1, -0.05) is 6.92 Å². The average molecular weight is 187 g/mol. The van der Waals surface area contributed by atoms with Crippen molar-refractivity contribution in [2.75, 3.05) is 5.75 Å². The van der Waals surface area contributed by atoms with Crippen molar-refractivity contribution in [2.24, 2.45) is 0 Å². The predicted octanol–water partition coefficient (Wildman–Crippen LogP) is 2.80. The molecule has 0 fully saturated rings. The van der Waals surface area contributed by atoms with E-state index >= 15 is 0 Å². The first-order valence-electron chi connectivity index (χ1n) is 4.25. The summed E-state index contributed by atoms with van der Waals surface area (Å²) in [6.07, 6.45) is 3.66. The van der Waals surface area contributed by atoms with Gasteiger partial charge in [0.05, 0.1) is 9.83 Å². The smallest absolute Gasteiger partial charge is 0.255 e. The molecule has 4 heteroatoms. The van der Waals surface area contributed by atoms with Crippen molar-refractivity contribution in [1.29, 1.82) is 0 Å².